The predicted molar refractivity (Wildman–Crippen MR) is 88.2 cm³/mol. The number of aryl methyl sites for hydroxylation is 2. The van der Waals surface area contributed by atoms with Crippen molar-refractivity contribution in [3.8, 4) is 11.6 Å². The number of carbonyl (C=O) groups excluding carboxylic acids is 1. The zero-order valence-corrected chi connectivity index (χ0v) is 14.2. The fourth-order valence-electron chi connectivity index (χ4n) is 2.65. The number of carbonyl (C=O) groups is 1. The Kier molecular flexibility index (Phi) is 5.26. The molecule has 1 aromatic heterocycles. The summed E-state index contributed by atoms with van der Waals surface area (Å²) in [5, 5.41) is 7.18. The minimum atomic E-state index is -0.186. The van der Waals surface area contributed by atoms with Crippen molar-refractivity contribution in [1.82, 2.24) is 15.1 Å². The summed E-state index contributed by atoms with van der Waals surface area (Å²) in [4.78, 5) is 12.5. The number of amides is 1. The summed E-state index contributed by atoms with van der Waals surface area (Å²) in [6.45, 7) is 4.34. The summed E-state index contributed by atoms with van der Waals surface area (Å²) < 4.78 is 12.2. The molecule has 0 bridgehead atoms. The van der Waals surface area contributed by atoms with Gasteiger partial charge in [-0.1, -0.05) is 25.1 Å². The second-order valence-electron chi connectivity index (χ2n) is 5.45. The summed E-state index contributed by atoms with van der Waals surface area (Å²) in [6, 6.07) is 7.81. The number of nitrogens with one attached hydrogen (secondary N) is 1. The maximum absolute atomic E-state index is 12.5. The van der Waals surface area contributed by atoms with E-state index in [9.17, 15) is 4.79 Å². The van der Waals surface area contributed by atoms with Gasteiger partial charge >= 0.3 is 0 Å². The van der Waals surface area contributed by atoms with Crippen molar-refractivity contribution >= 4 is 5.91 Å². The van der Waals surface area contributed by atoms with Crippen molar-refractivity contribution < 1.29 is 14.3 Å². The summed E-state index contributed by atoms with van der Waals surface area (Å²) >= 11 is 0. The van der Waals surface area contributed by atoms with Crippen LogP contribution in [0.4, 0.5) is 0 Å². The normalized spacial score (nSPS) is 11.9. The molecule has 2 rings (SSSR count). The molecular formula is C17H23N3O3. The van der Waals surface area contributed by atoms with Crippen molar-refractivity contribution in [3.63, 3.8) is 0 Å². The van der Waals surface area contributed by atoms with E-state index in [-0.39, 0.29) is 11.8 Å². The van der Waals surface area contributed by atoms with Gasteiger partial charge in [0.2, 0.25) is 5.88 Å². The third kappa shape index (κ3) is 3.47. The van der Waals surface area contributed by atoms with E-state index < -0.39 is 0 Å². The number of methoxy groups -OCH3 is 2. The Morgan fingerprint density at radius 1 is 1.30 bits per heavy atom. The monoisotopic (exact) mass is 317 g/mol. The molecule has 0 radical (unpaired) electrons. The summed E-state index contributed by atoms with van der Waals surface area (Å²) in [7, 11) is 4.93. The third-order valence-corrected chi connectivity index (χ3v) is 3.83. The van der Waals surface area contributed by atoms with Crippen molar-refractivity contribution in [2.75, 3.05) is 20.8 Å². The van der Waals surface area contributed by atoms with Crippen LogP contribution in [0.15, 0.2) is 24.3 Å². The van der Waals surface area contributed by atoms with E-state index in [0.29, 0.717) is 23.7 Å². The zero-order chi connectivity index (χ0) is 17.0. The Hall–Kier alpha value is -2.50. The lowest BCUT2D eigenvalue weighted by Crippen LogP contribution is -2.28. The van der Waals surface area contributed by atoms with Crippen molar-refractivity contribution in [3.05, 3.63) is 41.1 Å². The Bertz CT molecular complexity index is 694. The van der Waals surface area contributed by atoms with E-state index in [1.54, 1.807) is 25.8 Å². The number of hydrogen-bond acceptors (Lipinski definition) is 4. The maximum atomic E-state index is 12.5. The van der Waals surface area contributed by atoms with Crippen LogP contribution in [-0.2, 0) is 7.05 Å². The lowest BCUT2D eigenvalue weighted by Gasteiger charge is -2.16. The molecule has 6 heteroatoms. The molecule has 1 atom stereocenters. The van der Waals surface area contributed by atoms with Gasteiger partial charge in [0, 0.05) is 19.5 Å². The van der Waals surface area contributed by atoms with Gasteiger partial charge in [-0.05, 0) is 18.6 Å². The van der Waals surface area contributed by atoms with Gasteiger partial charge in [-0.2, -0.15) is 5.10 Å². The summed E-state index contributed by atoms with van der Waals surface area (Å²) in [6.07, 6.45) is 0. The van der Waals surface area contributed by atoms with Crippen LogP contribution in [0, 0.1) is 6.92 Å². The van der Waals surface area contributed by atoms with E-state index in [1.807, 2.05) is 31.2 Å². The van der Waals surface area contributed by atoms with Gasteiger partial charge in [0.15, 0.2) is 0 Å². The molecule has 2 aromatic rings. The van der Waals surface area contributed by atoms with Gasteiger partial charge in [0.25, 0.3) is 5.91 Å². The van der Waals surface area contributed by atoms with E-state index in [2.05, 4.69) is 10.4 Å². The van der Waals surface area contributed by atoms with Gasteiger partial charge in [-0.3, -0.25) is 4.79 Å². The number of rotatable bonds is 6. The van der Waals surface area contributed by atoms with Crippen LogP contribution >= 0.6 is 0 Å². The SMILES string of the molecule is COc1ccccc1C(C)CNC(=O)c1c(C)nn(C)c1OC. The van der Waals surface area contributed by atoms with Gasteiger partial charge in [0.05, 0.1) is 19.9 Å². The Balaban J connectivity index is 2.10. The molecule has 124 valence electrons. The second kappa shape index (κ2) is 7.17. The van der Waals surface area contributed by atoms with Crippen LogP contribution in [0.2, 0.25) is 0 Å². The smallest absolute Gasteiger partial charge is 0.258 e. The molecule has 0 aliphatic heterocycles. The van der Waals surface area contributed by atoms with E-state index in [1.165, 1.54) is 7.11 Å². The van der Waals surface area contributed by atoms with Crippen molar-refractivity contribution in [2.45, 2.75) is 19.8 Å². The molecule has 1 aromatic carbocycles. The van der Waals surface area contributed by atoms with Crippen LogP contribution in [0.5, 0.6) is 11.6 Å². The second-order valence-corrected chi connectivity index (χ2v) is 5.45. The molecule has 6 nitrogen and oxygen atoms in total. The summed E-state index contributed by atoms with van der Waals surface area (Å²) in [5.41, 5.74) is 2.18. The number of hydrogen-bond donors (Lipinski definition) is 1. The topological polar surface area (TPSA) is 65.4 Å². The Morgan fingerprint density at radius 2 is 2.00 bits per heavy atom. The molecule has 0 saturated heterocycles. The first-order valence-corrected chi connectivity index (χ1v) is 7.48. The molecule has 0 spiro atoms. The lowest BCUT2D eigenvalue weighted by atomic mass is 10.00. The van der Waals surface area contributed by atoms with E-state index in [4.69, 9.17) is 9.47 Å². The highest BCUT2D eigenvalue weighted by molar-refractivity contribution is 5.97. The molecule has 1 heterocycles. The van der Waals surface area contributed by atoms with Crippen LogP contribution in [0.3, 0.4) is 0 Å². The molecule has 1 N–H and O–H groups in total. The molecule has 0 aliphatic carbocycles. The highest BCUT2D eigenvalue weighted by Gasteiger charge is 2.22. The minimum absolute atomic E-state index is 0.123. The molecule has 1 amide bonds. The first kappa shape index (κ1) is 16.9. The molecule has 1 unspecified atom stereocenters. The zero-order valence-electron chi connectivity index (χ0n) is 14.2. The molecule has 0 saturated carbocycles. The van der Waals surface area contributed by atoms with Crippen molar-refractivity contribution in [2.24, 2.45) is 7.05 Å². The Labute approximate surface area is 136 Å². The first-order chi connectivity index (χ1) is 11.0. The quantitative estimate of drug-likeness (QED) is 0.888. The number of ether oxygens (including phenoxy) is 2. The largest absolute Gasteiger partial charge is 0.496 e. The standard InChI is InChI=1S/C17H23N3O3/c1-11(13-8-6-7-9-14(13)22-4)10-18-16(21)15-12(2)19-20(3)17(15)23-5/h6-9,11H,10H2,1-5H3,(H,18,21). The molecular weight excluding hydrogens is 294 g/mol. The fraction of sp³-hybridized carbons (Fsp3) is 0.412. The van der Waals surface area contributed by atoms with Crippen LogP contribution in [-0.4, -0.2) is 36.5 Å². The van der Waals surface area contributed by atoms with Crippen LogP contribution in [0.25, 0.3) is 0 Å². The van der Waals surface area contributed by atoms with Gasteiger partial charge in [-0.15, -0.1) is 0 Å². The first-order valence-electron chi connectivity index (χ1n) is 7.48. The van der Waals surface area contributed by atoms with E-state index >= 15 is 0 Å². The van der Waals surface area contributed by atoms with Gasteiger partial charge < -0.3 is 14.8 Å². The Morgan fingerprint density at radius 3 is 2.65 bits per heavy atom. The fourth-order valence-corrected chi connectivity index (χ4v) is 2.65. The number of para-hydroxylation sites is 1. The average molecular weight is 317 g/mol. The van der Waals surface area contributed by atoms with Gasteiger partial charge in [0.1, 0.15) is 11.3 Å². The van der Waals surface area contributed by atoms with Crippen molar-refractivity contribution in [1.29, 1.82) is 0 Å². The molecule has 0 fully saturated rings. The van der Waals surface area contributed by atoms with E-state index in [0.717, 1.165) is 11.3 Å². The summed E-state index contributed by atoms with van der Waals surface area (Å²) in [5.74, 6) is 1.22. The highest BCUT2D eigenvalue weighted by atomic mass is 16.5. The third-order valence-electron chi connectivity index (χ3n) is 3.83. The molecule has 23 heavy (non-hydrogen) atoms. The average Bonchev–Trinajstić information content (AvgIpc) is 2.85. The number of aromatic nitrogens is 2. The number of nitrogens with zero attached hydrogens (tertiary/aromatic N) is 2. The minimum Gasteiger partial charge on any atom is -0.496 e. The molecule has 0 aliphatic rings. The van der Waals surface area contributed by atoms with Crippen LogP contribution < -0.4 is 14.8 Å². The van der Waals surface area contributed by atoms with Gasteiger partial charge in [-0.25, -0.2) is 4.68 Å². The number of benzene rings is 1. The van der Waals surface area contributed by atoms with Crippen LogP contribution in [0.1, 0.15) is 34.5 Å². The predicted octanol–water partition coefficient (Wildman–Crippen LogP) is 2.28. The lowest BCUT2D eigenvalue weighted by molar-refractivity contribution is 0.0947. The maximum Gasteiger partial charge on any atom is 0.258 e. The highest BCUT2D eigenvalue weighted by Crippen LogP contribution is 2.26.